The molecule has 0 aromatic heterocycles. The van der Waals surface area contributed by atoms with Gasteiger partial charge in [0, 0.05) is 37.8 Å². The number of carbonyl (C=O) groups excluding carboxylic acids is 3. The van der Waals surface area contributed by atoms with Crippen molar-refractivity contribution in [2.75, 3.05) is 53.6 Å². The van der Waals surface area contributed by atoms with E-state index in [1.54, 1.807) is 17.0 Å². The van der Waals surface area contributed by atoms with E-state index < -0.39 is 5.91 Å². The van der Waals surface area contributed by atoms with Gasteiger partial charge in [-0.2, -0.15) is 0 Å². The first-order valence-electron chi connectivity index (χ1n) is 9.89. The normalized spacial score (nSPS) is 16.7. The Morgan fingerprint density at radius 3 is 2.17 bits per heavy atom. The molecule has 2 aliphatic rings. The summed E-state index contributed by atoms with van der Waals surface area (Å²) in [4.78, 5) is 39.8. The molecular weight excluding hydrogens is 392 g/mol. The van der Waals surface area contributed by atoms with Crippen LogP contribution in [0.15, 0.2) is 12.1 Å². The first-order chi connectivity index (χ1) is 14.4. The predicted octanol–water partition coefficient (Wildman–Crippen LogP) is -0.396. The largest absolute Gasteiger partial charge is 0.493 e. The smallest absolute Gasteiger partial charge is 0.255 e. The second-order valence-corrected chi connectivity index (χ2v) is 7.38. The van der Waals surface area contributed by atoms with Crippen molar-refractivity contribution in [2.45, 2.75) is 18.9 Å². The number of piperazine rings is 1. The maximum atomic E-state index is 13.0. The molecule has 1 aliphatic carbocycles. The number of carbonyl (C=O) groups is 3. The quantitative estimate of drug-likeness (QED) is 0.557. The van der Waals surface area contributed by atoms with Crippen molar-refractivity contribution in [3.8, 4) is 17.2 Å². The van der Waals surface area contributed by atoms with Gasteiger partial charge in [-0.05, 0) is 25.0 Å². The number of hydrogen-bond acceptors (Lipinski definition) is 7. The summed E-state index contributed by atoms with van der Waals surface area (Å²) in [7, 11) is 2.87. The molecule has 10 nitrogen and oxygen atoms in total. The number of primary amides is 1. The van der Waals surface area contributed by atoms with Crippen LogP contribution < -0.4 is 25.3 Å². The van der Waals surface area contributed by atoms with Crippen molar-refractivity contribution in [3.05, 3.63) is 17.7 Å². The Balaban J connectivity index is 1.63. The zero-order valence-electron chi connectivity index (χ0n) is 17.3. The monoisotopic (exact) mass is 420 g/mol. The molecule has 1 heterocycles. The highest BCUT2D eigenvalue weighted by Crippen LogP contribution is 2.39. The molecule has 1 aromatic rings. The molecule has 10 heteroatoms. The predicted molar refractivity (Wildman–Crippen MR) is 108 cm³/mol. The summed E-state index contributed by atoms with van der Waals surface area (Å²) in [6.45, 7) is 2.29. The number of rotatable bonds is 9. The lowest BCUT2D eigenvalue weighted by Crippen LogP contribution is -2.51. The van der Waals surface area contributed by atoms with Gasteiger partial charge in [0.05, 0.1) is 20.8 Å². The SMILES string of the molecule is COc1cc(C(=O)N2CCN(CC(=O)NC3CC3)CC2)cc(OC)c1OCC(N)=O. The third-order valence-corrected chi connectivity index (χ3v) is 5.04. The molecule has 0 spiro atoms. The zero-order valence-corrected chi connectivity index (χ0v) is 17.3. The van der Waals surface area contributed by atoms with Crippen LogP contribution in [0.1, 0.15) is 23.2 Å². The van der Waals surface area contributed by atoms with Crippen molar-refractivity contribution in [2.24, 2.45) is 5.73 Å². The second-order valence-electron chi connectivity index (χ2n) is 7.38. The Morgan fingerprint density at radius 2 is 1.67 bits per heavy atom. The fraction of sp³-hybridized carbons (Fsp3) is 0.550. The van der Waals surface area contributed by atoms with Gasteiger partial charge >= 0.3 is 0 Å². The lowest BCUT2D eigenvalue weighted by molar-refractivity contribution is -0.122. The standard InChI is InChI=1S/C20H28N4O6/c1-28-15-9-13(10-16(29-2)19(15)30-12-17(21)25)20(27)24-7-5-23(6-8-24)11-18(26)22-14-3-4-14/h9-10,14H,3-8,11-12H2,1-2H3,(H2,21,25)(H,22,26). The molecule has 2 fully saturated rings. The summed E-state index contributed by atoms with van der Waals surface area (Å²) in [5.41, 5.74) is 5.52. The van der Waals surface area contributed by atoms with Crippen molar-refractivity contribution < 1.29 is 28.6 Å². The number of nitrogens with two attached hydrogens (primary N) is 1. The van der Waals surface area contributed by atoms with Crippen LogP contribution in [0.25, 0.3) is 0 Å². The van der Waals surface area contributed by atoms with Gasteiger partial charge in [0.1, 0.15) is 0 Å². The van der Waals surface area contributed by atoms with Gasteiger partial charge in [0.25, 0.3) is 11.8 Å². The van der Waals surface area contributed by atoms with E-state index in [2.05, 4.69) is 5.32 Å². The van der Waals surface area contributed by atoms with E-state index in [9.17, 15) is 14.4 Å². The first-order valence-corrected chi connectivity index (χ1v) is 9.89. The van der Waals surface area contributed by atoms with Crippen molar-refractivity contribution >= 4 is 17.7 Å². The van der Waals surface area contributed by atoms with Gasteiger partial charge in [-0.25, -0.2) is 0 Å². The third kappa shape index (κ3) is 5.53. The molecule has 0 atom stereocenters. The van der Waals surface area contributed by atoms with Crippen LogP contribution in [0.3, 0.4) is 0 Å². The summed E-state index contributed by atoms with van der Waals surface area (Å²) < 4.78 is 16.0. The number of benzene rings is 1. The van der Waals surface area contributed by atoms with Gasteiger partial charge in [-0.15, -0.1) is 0 Å². The van der Waals surface area contributed by atoms with E-state index in [4.69, 9.17) is 19.9 Å². The van der Waals surface area contributed by atoms with E-state index in [0.717, 1.165) is 12.8 Å². The first kappa shape index (κ1) is 21.7. The van der Waals surface area contributed by atoms with Gasteiger partial charge in [0.15, 0.2) is 18.1 Å². The van der Waals surface area contributed by atoms with Crippen molar-refractivity contribution in [3.63, 3.8) is 0 Å². The van der Waals surface area contributed by atoms with Crippen LogP contribution in [0.2, 0.25) is 0 Å². The molecule has 1 aliphatic heterocycles. The van der Waals surface area contributed by atoms with Crippen LogP contribution in [-0.4, -0.2) is 87.1 Å². The fourth-order valence-corrected chi connectivity index (χ4v) is 3.28. The summed E-state index contributed by atoms with van der Waals surface area (Å²) in [6.07, 6.45) is 2.13. The number of amides is 3. The summed E-state index contributed by atoms with van der Waals surface area (Å²) in [5.74, 6) is -0.0121. The lowest BCUT2D eigenvalue weighted by Gasteiger charge is -2.34. The maximum Gasteiger partial charge on any atom is 0.255 e. The molecule has 0 unspecified atom stereocenters. The van der Waals surface area contributed by atoms with E-state index in [1.807, 2.05) is 4.90 Å². The molecule has 0 bridgehead atoms. The van der Waals surface area contributed by atoms with E-state index in [1.165, 1.54) is 14.2 Å². The molecule has 3 N–H and O–H groups in total. The highest BCUT2D eigenvalue weighted by atomic mass is 16.5. The zero-order chi connectivity index (χ0) is 21.7. The minimum atomic E-state index is -0.636. The number of nitrogens with one attached hydrogen (secondary N) is 1. The van der Waals surface area contributed by atoms with E-state index in [0.29, 0.717) is 44.3 Å². The molecule has 30 heavy (non-hydrogen) atoms. The fourth-order valence-electron chi connectivity index (χ4n) is 3.28. The van der Waals surface area contributed by atoms with E-state index in [-0.39, 0.29) is 35.7 Å². The highest BCUT2D eigenvalue weighted by Gasteiger charge is 2.27. The Bertz CT molecular complexity index is 777. The van der Waals surface area contributed by atoms with Crippen LogP contribution in [0, 0.1) is 0 Å². The molecule has 0 radical (unpaired) electrons. The van der Waals surface area contributed by atoms with Gasteiger partial charge in [-0.1, -0.05) is 0 Å². The number of methoxy groups -OCH3 is 2. The van der Waals surface area contributed by atoms with Crippen molar-refractivity contribution in [1.82, 2.24) is 15.1 Å². The Morgan fingerprint density at radius 1 is 1.07 bits per heavy atom. The summed E-state index contributed by atoms with van der Waals surface area (Å²) in [6, 6.07) is 3.45. The van der Waals surface area contributed by atoms with Crippen molar-refractivity contribution in [1.29, 1.82) is 0 Å². The molecule has 1 saturated heterocycles. The molecule has 1 aromatic carbocycles. The van der Waals surface area contributed by atoms with Crippen LogP contribution in [0.4, 0.5) is 0 Å². The van der Waals surface area contributed by atoms with Gasteiger partial charge in [-0.3, -0.25) is 19.3 Å². The maximum absolute atomic E-state index is 13.0. The van der Waals surface area contributed by atoms with Gasteiger partial charge < -0.3 is 30.2 Å². The third-order valence-electron chi connectivity index (χ3n) is 5.04. The van der Waals surface area contributed by atoms with Gasteiger partial charge in [0.2, 0.25) is 11.7 Å². The summed E-state index contributed by atoms with van der Waals surface area (Å²) in [5, 5.41) is 2.98. The highest BCUT2D eigenvalue weighted by molar-refractivity contribution is 5.95. The topological polar surface area (TPSA) is 123 Å². The number of hydrogen-bond donors (Lipinski definition) is 2. The molecular formula is C20H28N4O6. The molecule has 3 rings (SSSR count). The summed E-state index contributed by atoms with van der Waals surface area (Å²) >= 11 is 0. The molecule has 3 amide bonds. The molecule has 164 valence electrons. The minimum absolute atomic E-state index is 0.0401. The number of nitrogens with zero attached hydrogens (tertiary/aromatic N) is 2. The van der Waals surface area contributed by atoms with E-state index >= 15 is 0 Å². The Labute approximate surface area is 175 Å². The van der Waals surface area contributed by atoms with Crippen LogP contribution in [0.5, 0.6) is 17.2 Å². The molecule has 1 saturated carbocycles. The minimum Gasteiger partial charge on any atom is -0.493 e. The lowest BCUT2D eigenvalue weighted by atomic mass is 10.1. The van der Waals surface area contributed by atoms with Crippen LogP contribution in [-0.2, 0) is 9.59 Å². The average molecular weight is 420 g/mol. The average Bonchev–Trinajstić information content (AvgIpc) is 3.55. The Kier molecular flexibility index (Phi) is 6.99. The Hall–Kier alpha value is -3.01. The van der Waals surface area contributed by atoms with Crippen LogP contribution >= 0.6 is 0 Å². The number of ether oxygens (including phenoxy) is 3. The second kappa shape index (κ2) is 9.66.